The number of nitrogens with one attached hydrogen (secondary N) is 2. The third kappa shape index (κ3) is 7.55. The zero-order valence-electron chi connectivity index (χ0n) is 31.2. The molecule has 51 heavy (non-hydrogen) atoms. The van der Waals surface area contributed by atoms with Gasteiger partial charge in [-0.1, -0.05) is 13.0 Å². The second kappa shape index (κ2) is 14.8. The first kappa shape index (κ1) is 36.6. The Bertz CT molecular complexity index is 1850. The van der Waals surface area contributed by atoms with Gasteiger partial charge in [-0.2, -0.15) is 0 Å². The number of pyridine rings is 1. The van der Waals surface area contributed by atoms with Crippen LogP contribution in [0.15, 0.2) is 41.3 Å². The fourth-order valence-corrected chi connectivity index (χ4v) is 8.36. The van der Waals surface area contributed by atoms with Gasteiger partial charge in [0.05, 0.1) is 7.11 Å². The molecule has 3 unspecified atom stereocenters. The van der Waals surface area contributed by atoms with Crippen molar-refractivity contribution in [3.8, 4) is 16.9 Å². The molecule has 6 rings (SSSR count). The molecule has 1 aromatic heterocycles. The van der Waals surface area contributed by atoms with Crippen LogP contribution in [-0.4, -0.2) is 90.3 Å². The van der Waals surface area contributed by atoms with Gasteiger partial charge < -0.3 is 19.5 Å². The Hall–Kier alpha value is -4.22. The molecule has 0 bridgehead atoms. The van der Waals surface area contributed by atoms with E-state index in [-0.39, 0.29) is 26.3 Å². The highest BCUT2D eigenvalue weighted by Crippen LogP contribution is 2.37. The first-order valence-electron chi connectivity index (χ1n) is 18.3. The van der Waals surface area contributed by atoms with Crippen molar-refractivity contribution in [1.82, 2.24) is 19.7 Å². The number of carbonyl (C=O) groups excluding carboxylic acids is 2. The average molecular weight is 705 g/mol. The molecule has 3 saturated heterocycles. The molecule has 0 spiro atoms. The van der Waals surface area contributed by atoms with Gasteiger partial charge >= 0.3 is 0 Å². The summed E-state index contributed by atoms with van der Waals surface area (Å²) < 4.78 is 24.2. The van der Waals surface area contributed by atoms with Crippen molar-refractivity contribution in [3.63, 3.8) is 0 Å². The average Bonchev–Trinajstić information content (AvgIpc) is 3.10. The Balaban J connectivity index is 0.00000314. The summed E-state index contributed by atoms with van der Waals surface area (Å²) in [6, 6.07) is 9.84. The van der Waals surface area contributed by atoms with Crippen molar-refractivity contribution >= 4 is 23.2 Å². The number of piperidine rings is 2. The number of aryl methyl sites for hydroxylation is 3. The number of hydrogen-bond donors (Lipinski definition) is 2. The number of aromatic nitrogens is 1. The van der Waals surface area contributed by atoms with Crippen molar-refractivity contribution in [3.05, 3.63) is 74.7 Å². The maximum absolute atomic E-state index is 16.6. The molecule has 3 fully saturated rings. The lowest BCUT2D eigenvalue weighted by Crippen LogP contribution is -2.62. The van der Waals surface area contributed by atoms with Crippen LogP contribution in [0.4, 0.5) is 15.8 Å². The number of hydrogen-bond acceptors (Lipinski definition) is 8. The Labute approximate surface area is 303 Å². The van der Waals surface area contributed by atoms with Crippen LogP contribution in [0.5, 0.6) is 5.75 Å². The van der Waals surface area contributed by atoms with Crippen LogP contribution in [0.2, 0.25) is 0 Å². The van der Waals surface area contributed by atoms with Crippen molar-refractivity contribution in [2.75, 3.05) is 56.6 Å². The molecule has 3 atom stereocenters. The minimum absolute atomic E-state index is 0. The molecule has 10 nitrogen and oxygen atoms in total. The summed E-state index contributed by atoms with van der Waals surface area (Å²) in [6.07, 6.45) is 4.30. The highest BCUT2D eigenvalue weighted by Gasteiger charge is 2.44. The molecule has 0 aliphatic carbocycles. The highest BCUT2D eigenvalue weighted by atomic mass is 19.1. The SMILES string of the molecule is CCc1cc(-c2cn(C)c(=O)c(C)c2C)cc(OC)c1CN1CCC(N2CCN(c3ccc(NC4CCC(=O)NC4=O)cc3C)CC2)C(C)(F)C1.[HH].[HH]. The Kier molecular flexibility index (Phi) is 10.6. The van der Waals surface area contributed by atoms with E-state index in [1.807, 2.05) is 26.1 Å². The van der Waals surface area contributed by atoms with Gasteiger partial charge in [0.1, 0.15) is 17.5 Å². The quantitative estimate of drug-likeness (QED) is 0.287. The monoisotopic (exact) mass is 704 g/mol. The predicted molar refractivity (Wildman–Crippen MR) is 205 cm³/mol. The zero-order chi connectivity index (χ0) is 36.6. The number of nitrogens with zero attached hydrogens (tertiary/aromatic N) is 4. The molecule has 2 aromatic carbocycles. The zero-order valence-corrected chi connectivity index (χ0v) is 31.2. The lowest BCUT2D eigenvalue weighted by molar-refractivity contribution is -0.133. The normalized spacial score (nSPS) is 23.3. The van der Waals surface area contributed by atoms with Crippen molar-refractivity contribution < 1.29 is 21.6 Å². The summed E-state index contributed by atoms with van der Waals surface area (Å²) >= 11 is 0. The maximum atomic E-state index is 16.6. The van der Waals surface area contributed by atoms with Crippen LogP contribution in [-0.2, 0) is 29.6 Å². The number of methoxy groups -OCH3 is 1. The number of benzene rings is 2. The van der Waals surface area contributed by atoms with E-state index in [4.69, 9.17) is 4.74 Å². The molecule has 3 aliphatic rings. The summed E-state index contributed by atoms with van der Waals surface area (Å²) in [5, 5.41) is 5.68. The van der Waals surface area contributed by atoms with Crippen molar-refractivity contribution in [2.24, 2.45) is 7.05 Å². The molecule has 0 saturated carbocycles. The number of halogens is 1. The lowest BCUT2D eigenvalue weighted by Gasteiger charge is -2.49. The van der Waals surface area contributed by atoms with Crippen LogP contribution in [0, 0.1) is 20.8 Å². The van der Waals surface area contributed by atoms with Gasteiger partial charge in [0.25, 0.3) is 5.56 Å². The summed E-state index contributed by atoms with van der Waals surface area (Å²) in [7, 11) is 3.48. The van der Waals surface area contributed by atoms with E-state index < -0.39 is 11.7 Å². The molecule has 3 aromatic rings. The molecule has 278 valence electrons. The third-order valence-corrected chi connectivity index (χ3v) is 11.3. The van der Waals surface area contributed by atoms with Crippen LogP contribution in [0.1, 0.15) is 63.8 Å². The van der Waals surface area contributed by atoms with Crippen molar-refractivity contribution in [1.29, 1.82) is 0 Å². The number of imide groups is 1. The van der Waals surface area contributed by atoms with Gasteiger partial charge in [-0.05, 0) is 93.5 Å². The number of likely N-dealkylation sites (tertiary alicyclic amines) is 1. The Morgan fingerprint density at radius 1 is 1.02 bits per heavy atom. The van der Waals surface area contributed by atoms with Gasteiger partial charge in [0.15, 0.2) is 0 Å². The molecular weight excluding hydrogens is 647 g/mol. The maximum Gasteiger partial charge on any atom is 0.253 e. The van der Waals surface area contributed by atoms with Gasteiger partial charge in [-0.15, -0.1) is 0 Å². The van der Waals surface area contributed by atoms with E-state index >= 15 is 4.39 Å². The number of alkyl halides is 1. The molecular formula is C40H57FN6O4. The van der Waals surface area contributed by atoms with Gasteiger partial charge in [-0.25, -0.2) is 4.39 Å². The van der Waals surface area contributed by atoms with Gasteiger partial charge in [0, 0.05) is 102 Å². The summed E-state index contributed by atoms with van der Waals surface area (Å²) in [5.41, 5.74) is 7.77. The van der Waals surface area contributed by atoms with Crippen LogP contribution < -0.4 is 25.8 Å². The summed E-state index contributed by atoms with van der Waals surface area (Å²) in [4.78, 5) is 43.2. The molecule has 3 aliphatic heterocycles. The van der Waals surface area contributed by atoms with E-state index in [1.54, 1.807) is 25.6 Å². The minimum Gasteiger partial charge on any atom is -0.496 e. The standard InChI is InChI=1S/C40H53FN6O4.2H2/c1-8-28-20-29(31-22-44(6)39(50)27(4)26(31)3)21-35(51-7)32(28)23-45-14-13-36(40(5,41)24-45)47-17-15-46(16-18-47)34-11-9-30(19-25(34)2)42-33-10-12-37(48)43-38(33)49;;/h9,11,19-22,33,36,42H,8,10,12-18,23-24H2,1-7H3,(H,43,48,49);2*1H. The molecule has 11 heteroatoms. The molecule has 2 N–H and O–H groups in total. The Morgan fingerprint density at radius 3 is 2.41 bits per heavy atom. The van der Waals surface area contributed by atoms with E-state index in [1.165, 1.54) is 5.56 Å². The van der Waals surface area contributed by atoms with E-state index in [2.05, 4.69) is 63.4 Å². The number of anilines is 2. The second-order valence-electron chi connectivity index (χ2n) is 14.8. The molecule has 4 heterocycles. The first-order chi connectivity index (χ1) is 24.3. The van der Waals surface area contributed by atoms with Crippen LogP contribution >= 0.6 is 0 Å². The minimum atomic E-state index is -1.37. The van der Waals surface area contributed by atoms with Crippen molar-refractivity contribution in [2.45, 2.75) is 84.6 Å². The lowest BCUT2D eigenvalue weighted by atomic mass is 9.88. The van der Waals surface area contributed by atoms with Gasteiger partial charge in [-0.3, -0.25) is 29.5 Å². The van der Waals surface area contributed by atoms with Crippen LogP contribution in [0.25, 0.3) is 11.1 Å². The fourth-order valence-electron chi connectivity index (χ4n) is 8.36. The number of amides is 2. The summed E-state index contributed by atoms with van der Waals surface area (Å²) in [6.45, 7) is 14.8. The van der Waals surface area contributed by atoms with E-state index in [0.29, 0.717) is 25.9 Å². The molecule has 0 radical (unpaired) electrons. The summed E-state index contributed by atoms with van der Waals surface area (Å²) in [5.74, 6) is 0.295. The third-order valence-electron chi connectivity index (χ3n) is 11.3. The number of ether oxygens (including phenoxy) is 1. The number of piperazine rings is 1. The topological polar surface area (TPSA) is 99.2 Å². The van der Waals surface area contributed by atoms with Crippen LogP contribution in [0.3, 0.4) is 0 Å². The Morgan fingerprint density at radius 2 is 1.76 bits per heavy atom. The highest BCUT2D eigenvalue weighted by molar-refractivity contribution is 6.01. The van der Waals surface area contributed by atoms with Gasteiger partial charge in [0.2, 0.25) is 11.8 Å². The first-order valence-corrected chi connectivity index (χ1v) is 18.3. The number of rotatable bonds is 9. The fraction of sp³-hybridized carbons (Fsp3) is 0.525. The van der Waals surface area contributed by atoms with E-state index in [0.717, 1.165) is 96.1 Å². The molecule has 2 amide bonds. The second-order valence-corrected chi connectivity index (χ2v) is 14.8. The smallest absolute Gasteiger partial charge is 0.253 e. The van der Waals surface area contributed by atoms with E-state index in [9.17, 15) is 14.4 Å². The predicted octanol–water partition coefficient (Wildman–Crippen LogP) is 5.38. The largest absolute Gasteiger partial charge is 0.496 e. The number of carbonyl (C=O) groups is 2.